The van der Waals surface area contributed by atoms with E-state index in [4.69, 9.17) is 34.8 Å². The summed E-state index contributed by atoms with van der Waals surface area (Å²) >= 11 is 20.4. The van der Waals surface area contributed by atoms with Crippen molar-refractivity contribution in [1.82, 2.24) is 0 Å². The summed E-state index contributed by atoms with van der Waals surface area (Å²) in [6, 6.07) is 11.9. The molecule has 0 atom stereocenters. The lowest BCUT2D eigenvalue weighted by molar-refractivity contribution is 0.541. The van der Waals surface area contributed by atoms with Crippen LogP contribution < -0.4 is 0 Å². The highest BCUT2D eigenvalue weighted by Gasteiger charge is 2.33. The molecule has 4 heteroatoms. The van der Waals surface area contributed by atoms with Crippen LogP contribution in [0.25, 0.3) is 0 Å². The Bertz CT molecular complexity index is 490. The van der Waals surface area contributed by atoms with Crippen molar-refractivity contribution in [2.24, 2.45) is 0 Å². The molecule has 0 amide bonds. The van der Waals surface area contributed by atoms with Gasteiger partial charge in [0, 0.05) is 27.1 Å². The van der Waals surface area contributed by atoms with Gasteiger partial charge < -0.3 is 0 Å². The minimum atomic E-state index is -0.299. The van der Waals surface area contributed by atoms with E-state index in [9.17, 15) is 0 Å². The summed E-state index contributed by atoms with van der Waals surface area (Å²) in [5.74, 6) is 0.913. The Morgan fingerprint density at radius 3 is 2.28 bits per heavy atom. The molecule has 0 aliphatic carbocycles. The Kier molecular flexibility index (Phi) is 4.97. The highest BCUT2D eigenvalue weighted by molar-refractivity contribution is 7.09. The number of thiophene rings is 1. The van der Waals surface area contributed by atoms with Crippen molar-refractivity contribution in [3.63, 3.8) is 0 Å². The second kappa shape index (κ2) is 6.29. The van der Waals surface area contributed by atoms with Gasteiger partial charge in [0.25, 0.3) is 0 Å². The molecular weight excluding hydrogens is 307 g/mol. The Morgan fingerprint density at radius 2 is 1.72 bits per heavy atom. The van der Waals surface area contributed by atoms with Gasteiger partial charge in [0.2, 0.25) is 0 Å². The largest absolute Gasteiger partial charge is 0.149 e. The molecule has 0 unspecified atom stereocenters. The van der Waals surface area contributed by atoms with Gasteiger partial charge in [-0.25, -0.2) is 0 Å². The molecule has 0 spiro atoms. The first kappa shape index (κ1) is 14.2. The van der Waals surface area contributed by atoms with Crippen molar-refractivity contribution in [2.45, 2.75) is 11.8 Å². The zero-order chi connectivity index (χ0) is 13.0. The smallest absolute Gasteiger partial charge is 0.0444 e. The molecule has 1 heterocycles. The molecule has 1 aromatic heterocycles. The van der Waals surface area contributed by atoms with Crippen LogP contribution in [0.2, 0.25) is 5.02 Å². The van der Waals surface area contributed by atoms with E-state index >= 15 is 0 Å². The van der Waals surface area contributed by atoms with E-state index in [-0.39, 0.29) is 5.41 Å². The van der Waals surface area contributed by atoms with Crippen LogP contribution in [0, 0.1) is 0 Å². The highest BCUT2D eigenvalue weighted by atomic mass is 35.5. The van der Waals surface area contributed by atoms with Gasteiger partial charge in [-0.2, -0.15) is 0 Å². The predicted octanol–water partition coefficient (Wildman–Crippen LogP) is 5.36. The molecule has 0 aliphatic rings. The van der Waals surface area contributed by atoms with Crippen LogP contribution in [0.3, 0.4) is 0 Å². The standard InChI is InChI=1S/C14H13Cl3S/c15-9-14(10-16,8-11-4-3-7-18-11)12-5-1-2-6-13(12)17/h1-7H,8-10H2. The molecule has 0 fully saturated rings. The number of alkyl halides is 2. The van der Waals surface area contributed by atoms with Gasteiger partial charge >= 0.3 is 0 Å². The molecule has 0 N–H and O–H groups in total. The van der Waals surface area contributed by atoms with E-state index in [2.05, 4.69) is 11.4 Å². The summed E-state index contributed by atoms with van der Waals surface area (Å²) in [5.41, 5.74) is 0.733. The third-order valence-corrected chi connectivity index (χ3v) is 5.28. The minimum Gasteiger partial charge on any atom is -0.149 e. The summed E-state index contributed by atoms with van der Waals surface area (Å²) in [7, 11) is 0. The molecule has 18 heavy (non-hydrogen) atoms. The average molecular weight is 320 g/mol. The van der Waals surface area contributed by atoms with Gasteiger partial charge in [0.15, 0.2) is 0 Å². The number of benzene rings is 1. The SMILES string of the molecule is ClCC(CCl)(Cc1cccs1)c1ccccc1Cl. The quantitative estimate of drug-likeness (QED) is 0.651. The lowest BCUT2D eigenvalue weighted by atomic mass is 9.80. The Morgan fingerprint density at radius 1 is 1.00 bits per heavy atom. The van der Waals surface area contributed by atoms with Crippen LogP contribution >= 0.6 is 46.1 Å². The maximum Gasteiger partial charge on any atom is 0.0444 e. The van der Waals surface area contributed by atoms with E-state index < -0.39 is 0 Å². The second-order valence-electron chi connectivity index (χ2n) is 4.28. The summed E-state index contributed by atoms with van der Waals surface area (Å²) in [5, 5.41) is 2.80. The number of halogens is 3. The van der Waals surface area contributed by atoms with Crippen LogP contribution in [0.4, 0.5) is 0 Å². The molecule has 2 rings (SSSR count). The first-order valence-electron chi connectivity index (χ1n) is 5.61. The summed E-state index contributed by atoms with van der Waals surface area (Å²) in [6.07, 6.45) is 0.821. The van der Waals surface area contributed by atoms with Crippen LogP contribution in [0.15, 0.2) is 41.8 Å². The number of hydrogen-bond acceptors (Lipinski definition) is 1. The zero-order valence-electron chi connectivity index (χ0n) is 9.70. The topological polar surface area (TPSA) is 0 Å². The van der Waals surface area contributed by atoms with Crippen LogP contribution in [-0.2, 0) is 11.8 Å². The van der Waals surface area contributed by atoms with Gasteiger partial charge in [-0.3, -0.25) is 0 Å². The third-order valence-electron chi connectivity index (χ3n) is 3.05. The van der Waals surface area contributed by atoms with Crippen LogP contribution in [0.1, 0.15) is 10.4 Å². The van der Waals surface area contributed by atoms with E-state index in [0.717, 1.165) is 17.0 Å². The highest BCUT2D eigenvalue weighted by Crippen LogP contribution is 2.36. The van der Waals surface area contributed by atoms with Crippen LogP contribution in [-0.4, -0.2) is 11.8 Å². The number of rotatable bonds is 5. The van der Waals surface area contributed by atoms with Crippen molar-refractivity contribution in [2.75, 3.05) is 11.8 Å². The Labute approximate surface area is 126 Å². The van der Waals surface area contributed by atoms with Crippen molar-refractivity contribution >= 4 is 46.1 Å². The summed E-state index contributed by atoms with van der Waals surface area (Å²) < 4.78 is 0. The van der Waals surface area contributed by atoms with Crippen molar-refractivity contribution in [1.29, 1.82) is 0 Å². The van der Waals surface area contributed by atoms with E-state index in [1.165, 1.54) is 4.88 Å². The molecule has 96 valence electrons. The van der Waals surface area contributed by atoms with Gasteiger partial charge in [-0.1, -0.05) is 35.9 Å². The molecule has 1 aromatic carbocycles. The average Bonchev–Trinajstić information content (AvgIpc) is 2.90. The molecule has 0 saturated carbocycles. The molecule has 0 bridgehead atoms. The minimum absolute atomic E-state index is 0.299. The fraction of sp³-hybridized carbons (Fsp3) is 0.286. The maximum absolute atomic E-state index is 6.29. The van der Waals surface area contributed by atoms with Gasteiger partial charge in [-0.15, -0.1) is 34.5 Å². The van der Waals surface area contributed by atoms with Crippen molar-refractivity contribution < 1.29 is 0 Å². The first-order valence-corrected chi connectivity index (χ1v) is 7.94. The molecule has 0 nitrogen and oxygen atoms in total. The van der Waals surface area contributed by atoms with Gasteiger partial charge in [0.05, 0.1) is 0 Å². The Hall–Kier alpha value is -0.210. The predicted molar refractivity (Wildman–Crippen MR) is 82.6 cm³/mol. The van der Waals surface area contributed by atoms with Crippen LogP contribution in [0.5, 0.6) is 0 Å². The molecule has 0 aliphatic heterocycles. The zero-order valence-corrected chi connectivity index (χ0v) is 12.8. The number of hydrogen-bond donors (Lipinski definition) is 0. The molecular formula is C14H13Cl3S. The monoisotopic (exact) mass is 318 g/mol. The third kappa shape index (κ3) is 2.85. The summed E-state index contributed by atoms with van der Waals surface area (Å²) in [6.45, 7) is 0. The second-order valence-corrected chi connectivity index (χ2v) is 6.26. The summed E-state index contributed by atoms with van der Waals surface area (Å²) in [4.78, 5) is 1.27. The van der Waals surface area contributed by atoms with E-state index in [1.54, 1.807) is 11.3 Å². The van der Waals surface area contributed by atoms with E-state index in [1.807, 2.05) is 30.3 Å². The first-order chi connectivity index (χ1) is 8.72. The molecule has 0 saturated heterocycles. The Balaban J connectivity index is 2.40. The lowest BCUT2D eigenvalue weighted by Gasteiger charge is -2.30. The lowest BCUT2D eigenvalue weighted by Crippen LogP contribution is -2.33. The normalized spacial score (nSPS) is 11.7. The van der Waals surface area contributed by atoms with Crippen molar-refractivity contribution in [3.05, 3.63) is 57.2 Å². The molecule has 2 aromatic rings. The fourth-order valence-electron chi connectivity index (χ4n) is 2.01. The fourth-order valence-corrected chi connectivity index (χ4v) is 3.95. The van der Waals surface area contributed by atoms with Crippen molar-refractivity contribution in [3.8, 4) is 0 Å². The molecule has 0 radical (unpaired) electrons. The maximum atomic E-state index is 6.29. The van der Waals surface area contributed by atoms with Gasteiger partial charge in [0.1, 0.15) is 0 Å². The van der Waals surface area contributed by atoms with Gasteiger partial charge in [-0.05, 0) is 29.5 Å². The van der Waals surface area contributed by atoms with E-state index in [0.29, 0.717) is 11.8 Å².